The number of carbonyl (C=O) groups is 1. The summed E-state index contributed by atoms with van der Waals surface area (Å²) in [6.45, 7) is 5.16. The molecule has 7 heteroatoms. The van der Waals surface area contributed by atoms with Gasteiger partial charge in [-0.25, -0.2) is 4.68 Å². The summed E-state index contributed by atoms with van der Waals surface area (Å²) >= 11 is 1.62. The van der Waals surface area contributed by atoms with E-state index >= 15 is 0 Å². The van der Waals surface area contributed by atoms with Crippen LogP contribution in [0.5, 0.6) is 0 Å². The van der Waals surface area contributed by atoms with Crippen molar-refractivity contribution in [1.82, 2.24) is 20.0 Å². The van der Waals surface area contributed by atoms with E-state index in [1.54, 1.807) is 16.0 Å². The molecule has 1 N–H and O–H groups in total. The van der Waals surface area contributed by atoms with Gasteiger partial charge < -0.3 is 10.1 Å². The molecule has 6 nitrogen and oxygen atoms in total. The number of para-hydroxylation sites is 1. The molecule has 1 fully saturated rings. The Kier molecular flexibility index (Phi) is 6.16. The number of rotatable bonds is 7. The summed E-state index contributed by atoms with van der Waals surface area (Å²) in [5.41, 5.74) is 2.25. The molecule has 146 valence electrons. The van der Waals surface area contributed by atoms with Crippen molar-refractivity contribution < 1.29 is 9.53 Å². The molecule has 1 aliphatic heterocycles. The molecular formula is C21H24N4O2S. The van der Waals surface area contributed by atoms with Gasteiger partial charge in [-0.15, -0.1) is 11.3 Å². The summed E-state index contributed by atoms with van der Waals surface area (Å²) in [5.74, 6) is -0.0962. The van der Waals surface area contributed by atoms with Crippen molar-refractivity contribution >= 4 is 17.2 Å². The molecule has 3 aromatic rings. The molecule has 0 atom stereocenters. The van der Waals surface area contributed by atoms with Crippen LogP contribution in [-0.4, -0.2) is 60.0 Å². The van der Waals surface area contributed by atoms with Crippen LogP contribution in [0.4, 0.5) is 0 Å². The van der Waals surface area contributed by atoms with Crippen molar-refractivity contribution in [1.29, 1.82) is 0 Å². The second kappa shape index (κ2) is 9.14. The van der Waals surface area contributed by atoms with Gasteiger partial charge in [-0.3, -0.25) is 9.69 Å². The third-order valence-corrected chi connectivity index (χ3v) is 5.65. The van der Waals surface area contributed by atoms with Crippen molar-refractivity contribution in [2.75, 3.05) is 39.4 Å². The monoisotopic (exact) mass is 396 g/mol. The largest absolute Gasteiger partial charge is 0.379 e. The lowest BCUT2D eigenvalue weighted by Gasteiger charge is -2.26. The fraction of sp³-hybridized carbons (Fsp3) is 0.333. The van der Waals surface area contributed by atoms with E-state index in [9.17, 15) is 4.79 Å². The van der Waals surface area contributed by atoms with E-state index in [1.165, 1.54) is 0 Å². The van der Waals surface area contributed by atoms with Gasteiger partial charge in [0.25, 0.3) is 5.91 Å². The van der Waals surface area contributed by atoms with Crippen LogP contribution in [0.15, 0.2) is 53.9 Å². The molecule has 1 saturated heterocycles. The van der Waals surface area contributed by atoms with Crippen LogP contribution in [-0.2, 0) is 4.74 Å². The Morgan fingerprint density at radius 3 is 2.71 bits per heavy atom. The molecule has 0 radical (unpaired) electrons. The van der Waals surface area contributed by atoms with Gasteiger partial charge in [0.05, 0.1) is 23.8 Å². The van der Waals surface area contributed by atoms with Crippen LogP contribution in [0.25, 0.3) is 16.3 Å². The molecule has 1 aliphatic rings. The Morgan fingerprint density at radius 1 is 1.14 bits per heavy atom. The first-order valence-corrected chi connectivity index (χ1v) is 10.5. The van der Waals surface area contributed by atoms with Crippen LogP contribution >= 0.6 is 11.3 Å². The quantitative estimate of drug-likeness (QED) is 0.624. The maximum Gasteiger partial charge on any atom is 0.270 e. The first-order chi connectivity index (χ1) is 13.8. The first-order valence-electron chi connectivity index (χ1n) is 9.59. The van der Waals surface area contributed by atoms with E-state index in [0.29, 0.717) is 12.2 Å². The molecule has 0 saturated carbocycles. The lowest BCUT2D eigenvalue weighted by Crippen LogP contribution is -2.38. The van der Waals surface area contributed by atoms with E-state index in [0.717, 1.165) is 55.5 Å². The van der Waals surface area contributed by atoms with Gasteiger partial charge in [0.2, 0.25) is 0 Å². The molecule has 0 bridgehead atoms. The van der Waals surface area contributed by atoms with Crippen molar-refractivity contribution in [3.05, 3.63) is 59.6 Å². The Morgan fingerprint density at radius 2 is 1.96 bits per heavy atom. The van der Waals surface area contributed by atoms with Crippen molar-refractivity contribution in [3.63, 3.8) is 0 Å². The Labute approximate surface area is 168 Å². The number of nitrogens with zero attached hydrogens (tertiary/aromatic N) is 3. The number of nitrogens with one attached hydrogen (secondary N) is 1. The van der Waals surface area contributed by atoms with Gasteiger partial charge in [0.1, 0.15) is 11.4 Å². The van der Waals surface area contributed by atoms with Crippen LogP contribution in [0.1, 0.15) is 16.9 Å². The zero-order chi connectivity index (χ0) is 19.2. The lowest BCUT2D eigenvalue weighted by atomic mass is 10.2. The highest BCUT2D eigenvalue weighted by molar-refractivity contribution is 7.13. The van der Waals surface area contributed by atoms with Crippen LogP contribution < -0.4 is 5.32 Å². The summed E-state index contributed by atoms with van der Waals surface area (Å²) in [4.78, 5) is 16.3. The highest BCUT2D eigenvalue weighted by atomic mass is 32.1. The number of thiophene rings is 1. The second-order valence-electron chi connectivity index (χ2n) is 6.70. The summed E-state index contributed by atoms with van der Waals surface area (Å²) in [7, 11) is 0. The maximum atomic E-state index is 12.9. The smallest absolute Gasteiger partial charge is 0.270 e. The van der Waals surface area contributed by atoms with Crippen LogP contribution in [0, 0.1) is 0 Å². The molecule has 4 rings (SSSR count). The standard InChI is InChI=1S/C21H24N4O2S/c26-21(22-9-5-10-24-11-13-27-14-12-24)19-16-18(20-8-4-15-28-20)23-25(19)17-6-2-1-3-7-17/h1-4,6-8,15-16H,5,9-14H2,(H,22,26). The first kappa shape index (κ1) is 18.9. The zero-order valence-electron chi connectivity index (χ0n) is 15.7. The summed E-state index contributed by atoms with van der Waals surface area (Å²) in [5, 5.41) is 9.76. The topological polar surface area (TPSA) is 59.4 Å². The van der Waals surface area contributed by atoms with Gasteiger partial charge >= 0.3 is 0 Å². The minimum absolute atomic E-state index is 0.0962. The molecule has 28 heavy (non-hydrogen) atoms. The van der Waals surface area contributed by atoms with Gasteiger partial charge in [-0.2, -0.15) is 5.10 Å². The number of hydrogen-bond donors (Lipinski definition) is 1. The number of amides is 1. The molecule has 1 aromatic carbocycles. The van der Waals surface area contributed by atoms with Gasteiger partial charge in [0, 0.05) is 19.6 Å². The second-order valence-corrected chi connectivity index (χ2v) is 7.65. The minimum Gasteiger partial charge on any atom is -0.379 e. The average Bonchev–Trinajstić information content (AvgIpc) is 3.42. The third-order valence-electron chi connectivity index (χ3n) is 4.76. The highest BCUT2D eigenvalue weighted by Gasteiger charge is 2.18. The molecule has 0 unspecified atom stereocenters. The van der Waals surface area contributed by atoms with Crippen LogP contribution in [0.2, 0.25) is 0 Å². The molecule has 1 amide bonds. The molecule has 0 aliphatic carbocycles. The van der Waals surface area contributed by atoms with E-state index in [-0.39, 0.29) is 5.91 Å². The summed E-state index contributed by atoms with van der Waals surface area (Å²) in [6, 6.07) is 15.7. The SMILES string of the molecule is O=C(NCCCN1CCOCC1)c1cc(-c2cccs2)nn1-c1ccccc1. The highest BCUT2D eigenvalue weighted by Crippen LogP contribution is 2.25. The minimum atomic E-state index is -0.0962. The average molecular weight is 397 g/mol. The number of ether oxygens (including phenoxy) is 1. The fourth-order valence-electron chi connectivity index (χ4n) is 3.27. The van der Waals surface area contributed by atoms with Crippen LogP contribution in [0.3, 0.4) is 0 Å². The number of carbonyl (C=O) groups excluding carboxylic acids is 1. The molecule has 0 spiro atoms. The Bertz CT molecular complexity index is 887. The van der Waals surface area contributed by atoms with E-state index < -0.39 is 0 Å². The van der Waals surface area contributed by atoms with E-state index in [2.05, 4.69) is 15.3 Å². The summed E-state index contributed by atoms with van der Waals surface area (Å²) in [6.07, 6.45) is 0.920. The van der Waals surface area contributed by atoms with E-state index in [4.69, 9.17) is 4.74 Å². The van der Waals surface area contributed by atoms with Gasteiger partial charge in [0.15, 0.2) is 0 Å². The number of benzene rings is 1. The normalized spacial score (nSPS) is 14.9. The van der Waals surface area contributed by atoms with Crippen molar-refractivity contribution in [3.8, 4) is 16.3 Å². The summed E-state index contributed by atoms with van der Waals surface area (Å²) < 4.78 is 7.10. The molecule has 2 aromatic heterocycles. The number of aromatic nitrogens is 2. The Hall–Kier alpha value is -2.48. The fourth-order valence-corrected chi connectivity index (χ4v) is 3.95. The zero-order valence-corrected chi connectivity index (χ0v) is 16.5. The molecule has 3 heterocycles. The van der Waals surface area contributed by atoms with Crippen molar-refractivity contribution in [2.24, 2.45) is 0 Å². The maximum absolute atomic E-state index is 12.9. The third kappa shape index (κ3) is 4.49. The number of morpholine rings is 1. The Balaban J connectivity index is 1.45. The van der Waals surface area contributed by atoms with E-state index in [1.807, 2.05) is 53.9 Å². The van der Waals surface area contributed by atoms with Crippen molar-refractivity contribution in [2.45, 2.75) is 6.42 Å². The predicted octanol–water partition coefficient (Wildman–Crippen LogP) is 3.05. The van der Waals surface area contributed by atoms with Gasteiger partial charge in [-0.05, 0) is 42.6 Å². The predicted molar refractivity (Wildman–Crippen MR) is 111 cm³/mol. The lowest BCUT2D eigenvalue weighted by molar-refractivity contribution is 0.0374. The number of hydrogen-bond acceptors (Lipinski definition) is 5. The van der Waals surface area contributed by atoms with Gasteiger partial charge in [-0.1, -0.05) is 24.3 Å². The molecular weight excluding hydrogens is 372 g/mol.